The fourth-order valence-electron chi connectivity index (χ4n) is 2.75. The predicted octanol–water partition coefficient (Wildman–Crippen LogP) is 4.02. The average Bonchev–Trinajstić information content (AvgIpc) is 2.33. The van der Waals surface area contributed by atoms with E-state index in [-0.39, 0.29) is 27.9 Å². The molecule has 0 amide bonds. The maximum Gasteiger partial charge on any atom is 0.169 e. The van der Waals surface area contributed by atoms with E-state index < -0.39 is 5.82 Å². The summed E-state index contributed by atoms with van der Waals surface area (Å²) in [6.45, 7) is 4.38. The fourth-order valence-corrected chi connectivity index (χ4v) is 2.90. The normalized spacial score (nSPS) is 22.2. The highest BCUT2D eigenvalue weighted by Gasteiger charge is 2.33. The number of nitrogen functional groups attached to an aromatic ring is 2. The number of rotatable bonds is 2. The maximum atomic E-state index is 14.2. The summed E-state index contributed by atoms with van der Waals surface area (Å²) in [7, 11) is 0. The number of halogens is 2. The zero-order chi connectivity index (χ0) is 14.2. The molecule has 0 spiro atoms. The average molecular weight is 286 g/mol. The van der Waals surface area contributed by atoms with Gasteiger partial charge < -0.3 is 16.8 Å². The monoisotopic (exact) mass is 285 g/mol. The van der Waals surface area contributed by atoms with E-state index in [2.05, 4.69) is 19.2 Å². The Bertz CT molecular complexity index is 488. The van der Waals surface area contributed by atoms with Crippen molar-refractivity contribution in [3.63, 3.8) is 0 Å². The Labute approximate surface area is 118 Å². The van der Waals surface area contributed by atoms with E-state index in [0.29, 0.717) is 5.69 Å². The van der Waals surface area contributed by atoms with Crippen LogP contribution in [0.4, 0.5) is 21.5 Å². The van der Waals surface area contributed by atoms with Gasteiger partial charge in [0.1, 0.15) is 5.02 Å². The smallest absolute Gasteiger partial charge is 0.169 e. The van der Waals surface area contributed by atoms with Gasteiger partial charge in [-0.3, -0.25) is 0 Å². The number of benzene rings is 1. The Morgan fingerprint density at radius 2 is 2.00 bits per heavy atom. The standard InChI is InChI=1S/C14H21ClFN3/c1-14(2)6-4-3-5-10(14)19-13-9(18)7-8(17)11(15)12(13)16/h7,10,19H,3-6,17-18H2,1-2H3. The van der Waals surface area contributed by atoms with Crippen molar-refractivity contribution < 1.29 is 4.39 Å². The van der Waals surface area contributed by atoms with E-state index in [9.17, 15) is 4.39 Å². The summed E-state index contributed by atoms with van der Waals surface area (Å²) >= 11 is 5.85. The predicted molar refractivity (Wildman–Crippen MR) is 79.9 cm³/mol. The molecule has 1 aliphatic carbocycles. The van der Waals surface area contributed by atoms with Crippen LogP contribution in [0, 0.1) is 11.2 Å². The lowest BCUT2D eigenvalue weighted by Crippen LogP contribution is -2.39. The molecule has 106 valence electrons. The van der Waals surface area contributed by atoms with E-state index >= 15 is 0 Å². The Morgan fingerprint density at radius 1 is 1.32 bits per heavy atom. The van der Waals surface area contributed by atoms with Crippen molar-refractivity contribution in [3.05, 3.63) is 16.9 Å². The van der Waals surface area contributed by atoms with Gasteiger partial charge in [-0.2, -0.15) is 0 Å². The fraction of sp³-hybridized carbons (Fsp3) is 0.571. The number of hydrogen-bond acceptors (Lipinski definition) is 3. The number of hydrogen-bond donors (Lipinski definition) is 3. The summed E-state index contributed by atoms with van der Waals surface area (Å²) in [5.74, 6) is -0.555. The second kappa shape index (κ2) is 5.08. The second-order valence-corrected chi connectivity index (χ2v) is 6.37. The van der Waals surface area contributed by atoms with Gasteiger partial charge in [0.2, 0.25) is 0 Å². The highest BCUT2D eigenvalue weighted by atomic mass is 35.5. The van der Waals surface area contributed by atoms with Gasteiger partial charge in [0.15, 0.2) is 5.82 Å². The molecule has 1 atom stereocenters. The molecule has 0 bridgehead atoms. The van der Waals surface area contributed by atoms with Gasteiger partial charge in [-0.05, 0) is 24.3 Å². The quantitative estimate of drug-likeness (QED) is 0.719. The second-order valence-electron chi connectivity index (χ2n) is 5.99. The molecule has 0 aromatic heterocycles. The lowest BCUT2D eigenvalue weighted by molar-refractivity contribution is 0.216. The molecule has 0 radical (unpaired) electrons. The summed E-state index contributed by atoms with van der Waals surface area (Å²) in [6.07, 6.45) is 4.49. The van der Waals surface area contributed by atoms with E-state index in [1.807, 2.05) is 0 Å². The van der Waals surface area contributed by atoms with Crippen LogP contribution in [0.1, 0.15) is 39.5 Å². The first-order valence-corrected chi connectivity index (χ1v) is 7.00. The minimum Gasteiger partial charge on any atom is -0.397 e. The number of anilines is 3. The third kappa shape index (κ3) is 2.73. The molecule has 0 saturated heterocycles. The minimum absolute atomic E-state index is 0.0645. The van der Waals surface area contributed by atoms with E-state index in [4.69, 9.17) is 23.1 Å². The molecule has 1 fully saturated rings. The van der Waals surface area contributed by atoms with Crippen LogP contribution in [0.2, 0.25) is 5.02 Å². The van der Waals surface area contributed by atoms with Gasteiger partial charge in [-0.1, -0.05) is 38.3 Å². The lowest BCUT2D eigenvalue weighted by atomic mass is 9.73. The summed E-state index contributed by atoms with van der Waals surface area (Å²) in [5, 5.41) is 3.17. The van der Waals surface area contributed by atoms with Crippen LogP contribution >= 0.6 is 11.6 Å². The number of nitrogens with two attached hydrogens (primary N) is 2. The molecule has 5 N–H and O–H groups in total. The Hall–Kier alpha value is -1.16. The van der Waals surface area contributed by atoms with Crippen LogP contribution in [-0.4, -0.2) is 6.04 Å². The summed E-state index contributed by atoms with van der Waals surface area (Å²) in [6, 6.07) is 1.70. The highest BCUT2D eigenvalue weighted by Crippen LogP contribution is 2.40. The van der Waals surface area contributed by atoms with Crippen molar-refractivity contribution in [1.29, 1.82) is 0 Å². The van der Waals surface area contributed by atoms with Crippen molar-refractivity contribution in [2.24, 2.45) is 5.41 Å². The summed E-state index contributed by atoms with van der Waals surface area (Å²) in [4.78, 5) is 0. The first kappa shape index (κ1) is 14.3. The minimum atomic E-state index is -0.555. The molecule has 0 heterocycles. The lowest BCUT2D eigenvalue weighted by Gasteiger charge is -2.40. The van der Waals surface area contributed by atoms with Crippen molar-refractivity contribution >= 4 is 28.7 Å². The molecule has 2 rings (SSSR count). The molecule has 5 heteroatoms. The Morgan fingerprint density at radius 3 is 2.63 bits per heavy atom. The van der Waals surface area contributed by atoms with Gasteiger partial charge in [0.05, 0.1) is 17.1 Å². The molecule has 1 aromatic carbocycles. The summed E-state index contributed by atoms with van der Waals surface area (Å²) in [5.41, 5.74) is 12.3. The Kier molecular flexibility index (Phi) is 3.81. The zero-order valence-electron chi connectivity index (χ0n) is 11.4. The zero-order valence-corrected chi connectivity index (χ0v) is 12.1. The molecule has 1 saturated carbocycles. The van der Waals surface area contributed by atoms with Gasteiger partial charge in [-0.25, -0.2) is 4.39 Å². The van der Waals surface area contributed by atoms with Crippen LogP contribution in [0.3, 0.4) is 0 Å². The molecular weight excluding hydrogens is 265 g/mol. The van der Waals surface area contributed by atoms with Crippen molar-refractivity contribution in [2.45, 2.75) is 45.6 Å². The molecule has 1 aliphatic rings. The molecule has 19 heavy (non-hydrogen) atoms. The Balaban J connectivity index is 2.31. The van der Waals surface area contributed by atoms with Crippen LogP contribution < -0.4 is 16.8 Å². The maximum absolute atomic E-state index is 14.2. The van der Waals surface area contributed by atoms with E-state index in [1.54, 1.807) is 0 Å². The highest BCUT2D eigenvalue weighted by molar-refractivity contribution is 6.33. The summed E-state index contributed by atoms with van der Waals surface area (Å²) < 4.78 is 14.2. The molecule has 1 unspecified atom stereocenters. The van der Waals surface area contributed by atoms with E-state index in [0.717, 1.165) is 19.3 Å². The van der Waals surface area contributed by atoms with Crippen molar-refractivity contribution in [3.8, 4) is 0 Å². The van der Waals surface area contributed by atoms with Gasteiger partial charge in [0.25, 0.3) is 0 Å². The molecule has 0 aliphatic heterocycles. The van der Waals surface area contributed by atoms with Crippen LogP contribution in [0.15, 0.2) is 6.07 Å². The SMILES string of the molecule is CC1(C)CCCCC1Nc1c(N)cc(N)c(Cl)c1F. The first-order chi connectivity index (χ1) is 8.83. The molecule has 3 nitrogen and oxygen atoms in total. The molecular formula is C14H21ClFN3. The topological polar surface area (TPSA) is 64.1 Å². The van der Waals surface area contributed by atoms with Crippen molar-refractivity contribution in [1.82, 2.24) is 0 Å². The molecule has 1 aromatic rings. The van der Waals surface area contributed by atoms with Gasteiger partial charge in [-0.15, -0.1) is 0 Å². The largest absolute Gasteiger partial charge is 0.397 e. The van der Waals surface area contributed by atoms with Gasteiger partial charge in [0, 0.05) is 6.04 Å². The first-order valence-electron chi connectivity index (χ1n) is 6.62. The van der Waals surface area contributed by atoms with Crippen LogP contribution in [0.5, 0.6) is 0 Å². The van der Waals surface area contributed by atoms with Crippen molar-refractivity contribution in [2.75, 3.05) is 16.8 Å². The van der Waals surface area contributed by atoms with E-state index in [1.165, 1.54) is 12.5 Å². The number of nitrogens with one attached hydrogen (secondary N) is 1. The third-order valence-corrected chi connectivity index (χ3v) is 4.48. The third-order valence-electron chi connectivity index (χ3n) is 4.09. The van der Waals surface area contributed by atoms with Gasteiger partial charge >= 0.3 is 0 Å². The van der Waals surface area contributed by atoms with Crippen LogP contribution in [-0.2, 0) is 0 Å². The van der Waals surface area contributed by atoms with Crippen LogP contribution in [0.25, 0.3) is 0 Å².